The lowest BCUT2D eigenvalue weighted by Crippen LogP contribution is -2.46. The molecule has 6 heteroatoms. The van der Waals surface area contributed by atoms with Crippen molar-refractivity contribution in [3.63, 3.8) is 0 Å². The third-order valence-corrected chi connectivity index (χ3v) is 6.16. The van der Waals surface area contributed by atoms with Crippen molar-refractivity contribution in [2.45, 2.75) is 39.2 Å². The lowest BCUT2D eigenvalue weighted by Gasteiger charge is -2.41. The van der Waals surface area contributed by atoms with Crippen LogP contribution in [0.5, 0.6) is 5.75 Å². The molecule has 0 amide bonds. The molecule has 0 radical (unpaired) electrons. The number of nitrogens with zero attached hydrogens (tertiary/aromatic N) is 2. The molecule has 0 atom stereocenters. The highest BCUT2D eigenvalue weighted by molar-refractivity contribution is 5.79. The Hall–Kier alpha value is -1.79. The highest BCUT2D eigenvalue weighted by Gasteiger charge is 2.34. The van der Waals surface area contributed by atoms with Gasteiger partial charge >= 0.3 is 0 Å². The summed E-state index contributed by atoms with van der Waals surface area (Å²) in [5.41, 5.74) is 1.67. The fourth-order valence-corrected chi connectivity index (χ4v) is 3.87. The fraction of sp³-hybridized carbons (Fsp3) is 0.682. The maximum absolute atomic E-state index is 5.96. The van der Waals surface area contributed by atoms with E-state index in [0.29, 0.717) is 12.0 Å². The standard InChI is InChI=1S/C22H36N4O2/c1-3-22(8-5-9-22)18-25-21(23-2)24-17-19-6-4-7-20(16-19)28-15-12-26-10-13-27-14-11-26/h4,6-7,16H,3,5,8-15,17-18H2,1-2H3,(H2,23,24,25). The molecule has 0 bridgehead atoms. The van der Waals surface area contributed by atoms with Crippen molar-refractivity contribution in [1.82, 2.24) is 15.5 Å². The average Bonchev–Trinajstić information content (AvgIpc) is 2.71. The molecule has 28 heavy (non-hydrogen) atoms. The average molecular weight is 389 g/mol. The fourth-order valence-electron chi connectivity index (χ4n) is 3.87. The predicted octanol–water partition coefficient (Wildman–Crippen LogP) is 2.64. The third kappa shape index (κ3) is 6.11. The summed E-state index contributed by atoms with van der Waals surface area (Å²) in [4.78, 5) is 6.75. The van der Waals surface area contributed by atoms with Gasteiger partial charge in [-0.1, -0.05) is 25.5 Å². The molecule has 0 aromatic heterocycles. The number of hydrogen-bond acceptors (Lipinski definition) is 4. The molecule has 1 aliphatic carbocycles. The lowest BCUT2D eigenvalue weighted by atomic mass is 9.67. The molecule has 1 saturated carbocycles. The van der Waals surface area contributed by atoms with Gasteiger partial charge in [0.25, 0.3) is 0 Å². The molecule has 1 saturated heterocycles. The van der Waals surface area contributed by atoms with Gasteiger partial charge in [-0.15, -0.1) is 0 Å². The maximum Gasteiger partial charge on any atom is 0.191 e. The van der Waals surface area contributed by atoms with E-state index in [1.807, 2.05) is 13.1 Å². The summed E-state index contributed by atoms with van der Waals surface area (Å²) in [5, 5.41) is 6.94. The monoisotopic (exact) mass is 388 g/mol. The second-order valence-electron chi connectivity index (χ2n) is 7.94. The summed E-state index contributed by atoms with van der Waals surface area (Å²) in [5.74, 6) is 1.80. The molecule has 1 heterocycles. The Morgan fingerprint density at radius 1 is 1.25 bits per heavy atom. The summed E-state index contributed by atoms with van der Waals surface area (Å²) < 4.78 is 11.3. The summed E-state index contributed by atoms with van der Waals surface area (Å²) in [6, 6.07) is 8.31. The van der Waals surface area contributed by atoms with E-state index < -0.39 is 0 Å². The van der Waals surface area contributed by atoms with Crippen molar-refractivity contribution in [1.29, 1.82) is 0 Å². The highest BCUT2D eigenvalue weighted by Crippen LogP contribution is 2.42. The summed E-state index contributed by atoms with van der Waals surface area (Å²) in [6.07, 6.45) is 5.26. The SMILES string of the molecule is CCC1(CNC(=NC)NCc2cccc(OCCN3CCOCC3)c2)CCC1. The van der Waals surface area contributed by atoms with Gasteiger partial charge in [-0.05, 0) is 42.4 Å². The zero-order chi connectivity index (χ0) is 19.7. The number of hydrogen-bond donors (Lipinski definition) is 2. The van der Waals surface area contributed by atoms with Crippen molar-refractivity contribution < 1.29 is 9.47 Å². The maximum atomic E-state index is 5.96. The van der Waals surface area contributed by atoms with Gasteiger partial charge < -0.3 is 20.1 Å². The Bertz CT molecular complexity index is 619. The predicted molar refractivity (Wildman–Crippen MR) is 114 cm³/mol. The smallest absolute Gasteiger partial charge is 0.191 e. The van der Waals surface area contributed by atoms with Crippen LogP contribution in [0.15, 0.2) is 29.3 Å². The Morgan fingerprint density at radius 3 is 2.75 bits per heavy atom. The summed E-state index contributed by atoms with van der Waals surface area (Å²) in [6.45, 7) is 9.35. The van der Waals surface area contributed by atoms with E-state index in [4.69, 9.17) is 9.47 Å². The minimum absolute atomic E-state index is 0.478. The van der Waals surface area contributed by atoms with Gasteiger partial charge in [0, 0.05) is 39.8 Å². The quantitative estimate of drug-likeness (QED) is 0.503. The van der Waals surface area contributed by atoms with Crippen LogP contribution < -0.4 is 15.4 Å². The van der Waals surface area contributed by atoms with Gasteiger partial charge in [0.15, 0.2) is 5.96 Å². The molecule has 0 spiro atoms. The normalized spacial score (nSPS) is 19.7. The molecule has 1 aromatic rings. The molecule has 156 valence electrons. The van der Waals surface area contributed by atoms with E-state index in [9.17, 15) is 0 Å². The Balaban J connectivity index is 1.40. The van der Waals surface area contributed by atoms with Crippen LogP contribution in [0.2, 0.25) is 0 Å². The summed E-state index contributed by atoms with van der Waals surface area (Å²) in [7, 11) is 1.83. The molecule has 0 unspecified atom stereocenters. The van der Waals surface area contributed by atoms with Crippen LogP contribution in [-0.4, -0.2) is 63.9 Å². The number of aliphatic imine (C=N–C) groups is 1. The van der Waals surface area contributed by atoms with Crippen LogP contribution in [-0.2, 0) is 11.3 Å². The Kier molecular flexibility index (Phi) is 7.98. The van der Waals surface area contributed by atoms with Crippen molar-refractivity contribution in [2.75, 3.05) is 53.0 Å². The topological polar surface area (TPSA) is 58.1 Å². The van der Waals surface area contributed by atoms with Crippen molar-refractivity contribution in [3.05, 3.63) is 29.8 Å². The van der Waals surface area contributed by atoms with Crippen molar-refractivity contribution in [3.8, 4) is 5.75 Å². The molecule has 6 nitrogen and oxygen atoms in total. The minimum Gasteiger partial charge on any atom is -0.492 e. The first kappa shape index (κ1) is 20.9. The second-order valence-corrected chi connectivity index (χ2v) is 7.94. The van der Waals surface area contributed by atoms with E-state index in [1.165, 1.54) is 31.2 Å². The van der Waals surface area contributed by atoms with Crippen LogP contribution in [0.25, 0.3) is 0 Å². The van der Waals surface area contributed by atoms with E-state index in [2.05, 4.69) is 45.6 Å². The summed E-state index contributed by atoms with van der Waals surface area (Å²) >= 11 is 0. The van der Waals surface area contributed by atoms with Gasteiger partial charge in [0.2, 0.25) is 0 Å². The number of rotatable bonds is 9. The molecule has 2 fully saturated rings. The van der Waals surface area contributed by atoms with Crippen LogP contribution in [0.3, 0.4) is 0 Å². The minimum atomic E-state index is 0.478. The molecule has 2 aliphatic rings. The number of benzene rings is 1. The third-order valence-electron chi connectivity index (χ3n) is 6.16. The van der Waals surface area contributed by atoms with Gasteiger partial charge in [-0.2, -0.15) is 0 Å². The Morgan fingerprint density at radius 2 is 2.07 bits per heavy atom. The molecular formula is C22H36N4O2. The second kappa shape index (κ2) is 10.7. The van der Waals surface area contributed by atoms with Gasteiger partial charge in [0.1, 0.15) is 12.4 Å². The van der Waals surface area contributed by atoms with E-state index in [0.717, 1.165) is 57.6 Å². The molecular weight excluding hydrogens is 352 g/mol. The van der Waals surface area contributed by atoms with Crippen LogP contribution in [0.1, 0.15) is 38.2 Å². The number of nitrogens with one attached hydrogen (secondary N) is 2. The van der Waals surface area contributed by atoms with Crippen molar-refractivity contribution >= 4 is 5.96 Å². The van der Waals surface area contributed by atoms with Gasteiger partial charge in [-0.25, -0.2) is 0 Å². The number of morpholine rings is 1. The van der Waals surface area contributed by atoms with Crippen molar-refractivity contribution in [2.24, 2.45) is 10.4 Å². The lowest BCUT2D eigenvalue weighted by molar-refractivity contribution is 0.0322. The molecule has 2 N–H and O–H groups in total. The first-order valence-corrected chi connectivity index (χ1v) is 10.7. The highest BCUT2D eigenvalue weighted by atomic mass is 16.5. The zero-order valence-electron chi connectivity index (χ0n) is 17.5. The van der Waals surface area contributed by atoms with Crippen LogP contribution in [0.4, 0.5) is 0 Å². The van der Waals surface area contributed by atoms with E-state index in [1.54, 1.807) is 0 Å². The molecule has 3 rings (SSSR count). The Labute approximate surface area is 169 Å². The first-order chi connectivity index (χ1) is 13.7. The van der Waals surface area contributed by atoms with E-state index >= 15 is 0 Å². The van der Waals surface area contributed by atoms with Gasteiger partial charge in [-0.3, -0.25) is 9.89 Å². The van der Waals surface area contributed by atoms with Crippen LogP contribution >= 0.6 is 0 Å². The number of guanidine groups is 1. The molecule has 1 aromatic carbocycles. The van der Waals surface area contributed by atoms with Crippen LogP contribution in [0, 0.1) is 5.41 Å². The molecule has 1 aliphatic heterocycles. The van der Waals surface area contributed by atoms with Gasteiger partial charge in [0.05, 0.1) is 13.2 Å². The number of ether oxygens (including phenoxy) is 2. The largest absolute Gasteiger partial charge is 0.492 e. The zero-order valence-corrected chi connectivity index (χ0v) is 17.5. The first-order valence-electron chi connectivity index (χ1n) is 10.7. The van der Waals surface area contributed by atoms with E-state index in [-0.39, 0.29) is 0 Å².